The van der Waals surface area contributed by atoms with E-state index in [0.717, 1.165) is 22.1 Å². The Morgan fingerprint density at radius 1 is 1.35 bits per heavy atom. The van der Waals surface area contributed by atoms with Crippen LogP contribution in [-0.4, -0.2) is 22.1 Å². The number of benzene rings is 1. The number of nitrogens with zero attached hydrogens (tertiary/aromatic N) is 3. The van der Waals surface area contributed by atoms with Gasteiger partial charge in [0.25, 0.3) is 0 Å². The molecule has 1 fully saturated rings. The van der Waals surface area contributed by atoms with Gasteiger partial charge < -0.3 is 0 Å². The van der Waals surface area contributed by atoms with Crippen LogP contribution < -0.4 is 0 Å². The maximum atomic E-state index is 4.36. The van der Waals surface area contributed by atoms with Gasteiger partial charge in [0, 0.05) is 51.8 Å². The van der Waals surface area contributed by atoms with Gasteiger partial charge in [0.2, 0.25) is 0 Å². The third-order valence-electron chi connectivity index (χ3n) is 2.81. The Bertz CT molecular complexity index is 590. The quantitative estimate of drug-likeness (QED) is 0.399. The van der Waals surface area contributed by atoms with Gasteiger partial charge in [-0.25, -0.2) is 0 Å². The minimum Gasteiger partial charge on any atom is -0.185 e. The van der Waals surface area contributed by atoms with Crippen LogP contribution in [0.3, 0.4) is 0 Å². The summed E-state index contributed by atoms with van der Waals surface area (Å²) in [6.07, 6.45) is 3.68. The Morgan fingerprint density at radius 2 is 2.00 bits per heavy atom. The third kappa shape index (κ3) is 5.69. The van der Waals surface area contributed by atoms with Crippen molar-refractivity contribution in [1.82, 2.24) is 16.1 Å². The van der Waals surface area contributed by atoms with Crippen molar-refractivity contribution in [3.05, 3.63) is 45.5 Å². The molecule has 1 saturated carbocycles. The van der Waals surface area contributed by atoms with E-state index in [1.807, 2.05) is 29.9 Å². The Morgan fingerprint density at radius 3 is 2.40 bits per heavy atom. The van der Waals surface area contributed by atoms with Crippen molar-refractivity contribution < 1.29 is 19.4 Å². The second-order valence-corrected chi connectivity index (χ2v) is 9.61. The zero-order valence-corrected chi connectivity index (χ0v) is 17.6. The van der Waals surface area contributed by atoms with Crippen LogP contribution in [0.1, 0.15) is 24.2 Å². The summed E-state index contributed by atoms with van der Waals surface area (Å²) in [5.74, 6) is 1.00. The molecule has 0 saturated heterocycles. The SMILES string of the molecule is Cn1nc(Cc2ccccc2)[nH][c]1=[Pt].IN(I)C1CC1. The molecule has 112 valence electrons. The normalized spacial score (nSPS) is 14.1. The Kier molecular flexibility index (Phi) is 6.90. The second-order valence-electron chi connectivity index (χ2n) is 4.61. The van der Waals surface area contributed by atoms with E-state index in [9.17, 15) is 0 Å². The Labute approximate surface area is 157 Å². The number of H-pyrrole nitrogens is 1. The van der Waals surface area contributed by atoms with Crippen molar-refractivity contribution in [2.75, 3.05) is 0 Å². The Hall–Kier alpha value is 0.468. The van der Waals surface area contributed by atoms with E-state index in [2.05, 4.69) is 88.6 Å². The zero-order chi connectivity index (χ0) is 14.5. The van der Waals surface area contributed by atoms with Gasteiger partial charge in [0.15, 0.2) is 0 Å². The summed E-state index contributed by atoms with van der Waals surface area (Å²) in [6.45, 7) is 0. The van der Waals surface area contributed by atoms with Gasteiger partial charge in [-0.3, -0.25) is 0 Å². The predicted octanol–water partition coefficient (Wildman–Crippen LogP) is 3.57. The maximum absolute atomic E-state index is 4.36. The van der Waals surface area contributed by atoms with Crippen molar-refractivity contribution >= 4 is 45.7 Å². The summed E-state index contributed by atoms with van der Waals surface area (Å²) in [7, 11) is 1.94. The van der Waals surface area contributed by atoms with E-state index in [-0.39, 0.29) is 0 Å². The van der Waals surface area contributed by atoms with Gasteiger partial charge in [0.05, 0.1) is 0 Å². The zero-order valence-electron chi connectivity index (χ0n) is 11.0. The van der Waals surface area contributed by atoms with Crippen molar-refractivity contribution in [2.24, 2.45) is 7.05 Å². The smallest absolute Gasteiger partial charge is 0.0311 e. The molecule has 0 amide bonds. The molecule has 1 aromatic carbocycles. The third-order valence-corrected chi connectivity index (χ3v) is 5.41. The molecule has 1 heterocycles. The van der Waals surface area contributed by atoms with Crippen molar-refractivity contribution in [3.8, 4) is 0 Å². The fourth-order valence-corrected chi connectivity index (χ4v) is 3.13. The molecular weight excluding hydrogens is 661 g/mol. The molecule has 3 rings (SSSR count). The first kappa shape index (κ1) is 16.8. The molecule has 20 heavy (non-hydrogen) atoms. The molecule has 0 spiro atoms. The molecule has 0 unspecified atom stereocenters. The molecule has 0 radical (unpaired) electrons. The minimum absolute atomic E-state index is 0.859. The summed E-state index contributed by atoms with van der Waals surface area (Å²) in [6, 6.07) is 11.2. The summed E-state index contributed by atoms with van der Waals surface area (Å²) in [4.78, 5) is 3.23. The van der Waals surface area contributed by atoms with Gasteiger partial charge in [-0.15, -0.1) is 0 Å². The number of rotatable bonds is 3. The molecule has 0 atom stereocenters. The standard InChI is InChI=1S/C10H11N3.C3H5I2N.Pt/c1-13-8-11-10(12-13)7-9-5-3-2-4-6-9;4-6(5)3-1-2-3;/h2-6H,7H2,1H3,(H,11,12);3H,1-2H2;. The number of hydrogen-bond acceptors (Lipinski definition) is 2. The summed E-state index contributed by atoms with van der Waals surface area (Å²) in [5.41, 5.74) is 1.28. The van der Waals surface area contributed by atoms with Crippen LogP contribution in [0.15, 0.2) is 30.3 Å². The number of aromatic amines is 1. The van der Waals surface area contributed by atoms with E-state index in [0.29, 0.717) is 0 Å². The number of aryl methyl sites for hydroxylation is 1. The van der Waals surface area contributed by atoms with Gasteiger partial charge in [-0.1, -0.05) is 0 Å². The number of nitrogens with one attached hydrogen (secondary N) is 1. The molecule has 0 aliphatic heterocycles. The van der Waals surface area contributed by atoms with Gasteiger partial charge in [-0.2, -0.15) is 1.33 Å². The van der Waals surface area contributed by atoms with Gasteiger partial charge in [-0.05, 0) is 12.8 Å². The molecule has 1 aliphatic carbocycles. The van der Waals surface area contributed by atoms with Crippen LogP contribution in [0.5, 0.6) is 0 Å². The van der Waals surface area contributed by atoms with Crippen LogP contribution >= 0.6 is 45.7 Å². The molecular formula is C13H16I2N4Pt. The van der Waals surface area contributed by atoms with E-state index in [1.165, 1.54) is 18.4 Å². The average Bonchev–Trinajstić information content (AvgIpc) is 3.20. The van der Waals surface area contributed by atoms with E-state index in [1.54, 1.807) is 0 Å². The van der Waals surface area contributed by atoms with Crippen LogP contribution in [0, 0.1) is 3.80 Å². The maximum Gasteiger partial charge on any atom is 0.0311 e. The predicted molar refractivity (Wildman–Crippen MR) is 93.0 cm³/mol. The minimum atomic E-state index is 0.859. The van der Waals surface area contributed by atoms with Crippen LogP contribution in [0.25, 0.3) is 0 Å². The second kappa shape index (κ2) is 8.19. The first-order chi connectivity index (χ1) is 9.56. The van der Waals surface area contributed by atoms with Crippen LogP contribution in [0.4, 0.5) is 0 Å². The summed E-state index contributed by atoms with van der Waals surface area (Å²) >= 11 is 6.85. The molecule has 7 heteroatoms. The number of aromatic nitrogens is 3. The van der Waals surface area contributed by atoms with E-state index < -0.39 is 0 Å². The summed E-state index contributed by atoms with van der Waals surface area (Å²) < 4.78 is 5.12. The van der Waals surface area contributed by atoms with Crippen LogP contribution in [-0.2, 0) is 32.8 Å². The fourth-order valence-electron chi connectivity index (χ4n) is 1.58. The first-order valence-electron chi connectivity index (χ1n) is 6.28. The van der Waals surface area contributed by atoms with E-state index in [4.69, 9.17) is 0 Å². The van der Waals surface area contributed by atoms with Gasteiger partial charge >= 0.3 is 93.1 Å². The molecule has 1 N–H and O–H groups in total. The monoisotopic (exact) mass is 677 g/mol. The first-order valence-corrected chi connectivity index (χ1v) is 9.35. The van der Waals surface area contributed by atoms with Crippen molar-refractivity contribution in [1.29, 1.82) is 0 Å². The number of halogens is 2. The van der Waals surface area contributed by atoms with Crippen molar-refractivity contribution in [3.63, 3.8) is 0 Å². The van der Waals surface area contributed by atoms with Crippen molar-refractivity contribution in [2.45, 2.75) is 25.3 Å². The topological polar surface area (TPSA) is 36.9 Å². The fraction of sp³-hybridized carbons (Fsp3) is 0.385. The van der Waals surface area contributed by atoms with Crippen LogP contribution in [0.2, 0.25) is 0 Å². The molecule has 1 aromatic heterocycles. The Balaban J connectivity index is 0.000000205. The molecule has 1 aliphatic rings. The van der Waals surface area contributed by atoms with E-state index >= 15 is 0 Å². The molecule has 0 bridgehead atoms. The number of hydrogen-bond donors (Lipinski definition) is 1. The molecule has 4 nitrogen and oxygen atoms in total. The average molecular weight is 677 g/mol. The largest absolute Gasteiger partial charge is 0.185 e. The van der Waals surface area contributed by atoms with Gasteiger partial charge in [0.1, 0.15) is 0 Å². The molecule has 2 aromatic rings. The summed E-state index contributed by atoms with van der Waals surface area (Å²) in [5, 5.41) is 4.36.